The van der Waals surface area contributed by atoms with Crippen molar-refractivity contribution in [2.75, 3.05) is 6.61 Å². The minimum atomic E-state index is -0.421. The molecule has 1 aromatic rings. The van der Waals surface area contributed by atoms with Crippen molar-refractivity contribution in [3.05, 3.63) is 25.4 Å². The van der Waals surface area contributed by atoms with Crippen LogP contribution in [-0.4, -0.2) is 16.6 Å². The molecule has 1 saturated heterocycles. The van der Waals surface area contributed by atoms with E-state index >= 15 is 0 Å². The summed E-state index contributed by atoms with van der Waals surface area (Å²) in [6.45, 7) is 7.01. The van der Waals surface area contributed by atoms with Crippen LogP contribution in [0.15, 0.2) is 4.79 Å². The Morgan fingerprint density at radius 3 is 2.83 bits per heavy atom. The van der Waals surface area contributed by atoms with Crippen LogP contribution in [0.4, 0.5) is 0 Å². The van der Waals surface area contributed by atoms with Gasteiger partial charge in [-0.1, -0.05) is 13.8 Å². The van der Waals surface area contributed by atoms with Crippen molar-refractivity contribution >= 4 is 22.6 Å². The van der Waals surface area contributed by atoms with Crippen LogP contribution < -0.4 is 5.56 Å². The van der Waals surface area contributed by atoms with Gasteiger partial charge in [-0.25, -0.2) is 4.98 Å². The molecule has 1 aromatic heterocycles. The van der Waals surface area contributed by atoms with Gasteiger partial charge in [-0.3, -0.25) is 4.79 Å². The Balaban J connectivity index is 2.43. The van der Waals surface area contributed by atoms with E-state index in [-0.39, 0.29) is 5.56 Å². The molecule has 1 N–H and O–H groups in total. The van der Waals surface area contributed by atoms with Gasteiger partial charge >= 0.3 is 0 Å². The lowest BCUT2D eigenvalue weighted by Gasteiger charge is -2.22. The molecule has 1 aliphatic rings. The van der Waals surface area contributed by atoms with Crippen molar-refractivity contribution in [3.8, 4) is 0 Å². The molecule has 0 saturated carbocycles. The van der Waals surface area contributed by atoms with E-state index < -0.39 is 5.60 Å². The average Bonchev–Trinajstić information content (AvgIpc) is 2.72. The summed E-state index contributed by atoms with van der Waals surface area (Å²) in [6, 6.07) is 0. The molecule has 0 aromatic carbocycles. The highest BCUT2D eigenvalue weighted by molar-refractivity contribution is 14.1. The first-order valence-electron chi connectivity index (χ1n) is 6.35. The number of hydrogen-bond donors (Lipinski definition) is 1. The standard InChI is InChI=1S/C13H19IN2O2/c1-8(2)7-9-10(14)11(17)16-12(15-9)13(3)5-4-6-18-13/h8H,4-7H2,1-3H3,(H,15,16,17). The highest BCUT2D eigenvalue weighted by Gasteiger charge is 2.35. The fourth-order valence-corrected chi connectivity index (χ4v) is 2.72. The zero-order chi connectivity index (χ0) is 13.3. The summed E-state index contributed by atoms with van der Waals surface area (Å²) >= 11 is 2.08. The van der Waals surface area contributed by atoms with Gasteiger partial charge in [0.25, 0.3) is 5.56 Å². The van der Waals surface area contributed by atoms with Gasteiger partial charge in [0.1, 0.15) is 11.4 Å². The molecule has 1 fully saturated rings. The first-order valence-corrected chi connectivity index (χ1v) is 7.43. The van der Waals surface area contributed by atoms with Crippen molar-refractivity contribution in [1.29, 1.82) is 0 Å². The summed E-state index contributed by atoms with van der Waals surface area (Å²) in [5.41, 5.74) is 0.420. The number of hydrogen-bond acceptors (Lipinski definition) is 3. The van der Waals surface area contributed by atoms with E-state index in [2.05, 4.69) is 46.4 Å². The molecule has 0 spiro atoms. The predicted molar refractivity (Wildman–Crippen MR) is 78.7 cm³/mol. The maximum atomic E-state index is 12.0. The Bertz CT molecular complexity index is 490. The number of ether oxygens (including phenoxy) is 1. The van der Waals surface area contributed by atoms with E-state index in [0.717, 1.165) is 31.6 Å². The van der Waals surface area contributed by atoms with Gasteiger partial charge in [0.05, 0.1) is 9.26 Å². The van der Waals surface area contributed by atoms with Gasteiger partial charge in [-0.15, -0.1) is 0 Å². The second-order valence-electron chi connectivity index (χ2n) is 5.46. The summed E-state index contributed by atoms with van der Waals surface area (Å²) in [5, 5.41) is 0. The molecule has 100 valence electrons. The van der Waals surface area contributed by atoms with Gasteiger partial charge in [0.2, 0.25) is 0 Å². The minimum absolute atomic E-state index is 0.0482. The first-order chi connectivity index (χ1) is 8.42. The third kappa shape index (κ3) is 2.77. The number of nitrogens with one attached hydrogen (secondary N) is 1. The van der Waals surface area contributed by atoms with Crippen molar-refractivity contribution in [1.82, 2.24) is 9.97 Å². The summed E-state index contributed by atoms with van der Waals surface area (Å²) in [7, 11) is 0. The zero-order valence-corrected chi connectivity index (χ0v) is 13.2. The fraction of sp³-hybridized carbons (Fsp3) is 0.692. The molecule has 1 unspecified atom stereocenters. The van der Waals surface area contributed by atoms with E-state index in [4.69, 9.17) is 4.74 Å². The van der Waals surface area contributed by atoms with Crippen molar-refractivity contribution in [2.24, 2.45) is 5.92 Å². The second-order valence-corrected chi connectivity index (χ2v) is 6.53. The molecule has 2 rings (SSSR count). The van der Waals surface area contributed by atoms with Gasteiger partial charge < -0.3 is 9.72 Å². The van der Waals surface area contributed by atoms with Crippen molar-refractivity contribution < 1.29 is 4.74 Å². The quantitative estimate of drug-likeness (QED) is 0.841. The van der Waals surface area contributed by atoms with Gasteiger partial charge in [0, 0.05) is 6.61 Å². The lowest BCUT2D eigenvalue weighted by Crippen LogP contribution is -2.29. The van der Waals surface area contributed by atoms with E-state index in [0.29, 0.717) is 15.3 Å². The number of aromatic nitrogens is 2. The van der Waals surface area contributed by atoms with E-state index in [1.165, 1.54) is 0 Å². The molecule has 18 heavy (non-hydrogen) atoms. The molecule has 0 aliphatic carbocycles. The molecule has 0 radical (unpaired) electrons. The van der Waals surface area contributed by atoms with Crippen molar-refractivity contribution in [2.45, 2.75) is 45.6 Å². The third-order valence-corrected chi connectivity index (χ3v) is 4.37. The van der Waals surface area contributed by atoms with Crippen molar-refractivity contribution in [3.63, 3.8) is 0 Å². The molecule has 0 bridgehead atoms. The van der Waals surface area contributed by atoms with Crippen LogP contribution in [0.1, 0.15) is 45.1 Å². The largest absolute Gasteiger partial charge is 0.367 e. The van der Waals surface area contributed by atoms with Crippen LogP contribution in [0.5, 0.6) is 0 Å². The first kappa shape index (κ1) is 14.0. The molecule has 4 nitrogen and oxygen atoms in total. The monoisotopic (exact) mass is 362 g/mol. The van der Waals surface area contributed by atoms with Gasteiger partial charge in [-0.2, -0.15) is 0 Å². The maximum Gasteiger partial charge on any atom is 0.264 e. The zero-order valence-electron chi connectivity index (χ0n) is 11.0. The predicted octanol–water partition coefficient (Wildman–Crippen LogP) is 2.60. The summed E-state index contributed by atoms with van der Waals surface area (Å²) < 4.78 is 6.45. The topological polar surface area (TPSA) is 55.0 Å². The minimum Gasteiger partial charge on any atom is -0.367 e. The normalized spacial score (nSPS) is 23.8. The smallest absolute Gasteiger partial charge is 0.264 e. The highest BCUT2D eigenvalue weighted by Crippen LogP contribution is 2.33. The summed E-state index contributed by atoms with van der Waals surface area (Å²) in [4.78, 5) is 19.5. The fourth-order valence-electron chi connectivity index (χ4n) is 2.24. The SMILES string of the molecule is CC(C)Cc1nc(C2(C)CCCO2)[nH]c(=O)c1I. The molecule has 2 heterocycles. The molecule has 0 amide bonds. The number of nitrogens with zero attached hydrogens (tertiary/aromatic N) is 1. The number of halogens is 1. The Kier molecular flexibility index (Phi) is 4.11. The Hall–Kier alpha value is -0.430. The van der Waals surface area contributed by atoms with Crippen LogP contribution in [0.3, 0.4) is 0 Å². The van der Waals surface area contributed by atoms with E-state index in [1.54, 1.807) is 0 Å². The third-order valence-electron chi connectivity index (χ3n) is 3.25. The van der Waals surface area contributed by atoms with E-state index in [9.17, 15) is 4.79 Å². The number of aromatic amines is 1. The Morgan fingerprint density at radius 2 is 2.28 bits per heavy atom. The highest BCUT2D eigenvalue weighted by atomic mass is 127. The van der Waals surface area contributed by atoms with Gasteiger partial charge in [-0.05, 0) is 54.7 Å². The number of rotatable bonds is 3. The molecular weight excluding hydrogens is 343 g/mol. The lowest BCUT2D eigenvalue weighted by molar-refractivity contribution is 0.00887. The number of H-pyrrole nitrogens is 1. The van der Waals surface area contributed by atoms with Crippen LogP contribution in [-0.2, 0) is 16.8 Å². The molecule has 1 atom stereocenters. The second kappa shape index (κ2) is 5.28. The maximum absolute atomic E-state index is 12.0. The molecule has 1 aliphatic heterocycles. The van der Waals surface area contributed by atoms with E-state index in [1.807, 2.05) is 6.92 Å². The van der Waals surface area contributed by atoms with Crippen LogP contribution in [0, 0.1) is 9.49 Å². The Labute approximate surface area is 121 Å². The summed E-state index contributed by atoms with van der Waals surface area (Å²) in [5.74, 6) is 1.17. The van der Waals surface area contributed by atoms with Crippen LogP contribution in [0.25, 0.3) is 0 Å². The summed E-state index contributed by atoms with van der Waals surface area (Å²) in [6.07, 6.45) is 2.76. The molecular formula is C13H19IN2O2. The Morgan fingerprint density at radius 1 is 1.56 bits per heavy atom. The van der Waals surface area contributed by atoms with Crippen LogP contribution in [0.2, 0.25) is 0 Å². The van der Waals surface area contributed by atoms with Crippen LogP contribution >= 0.6 is 22.6 Å². The molecule has 5 heteroatoms. The average molecular weight is 362 g/mol. The lowest BCUT2D eigenvalue weighted by atomic mass is 10.0. The van der Waals surface area contributed by atoms with Gasteiger partial charge in [0.15, 0.2) is 0 Å².